The smallest absolute Gasteiger partial charge is 0.272 e. The Labute approximate surface area is 313 Å². The molecule has 53 heavy (non-hydrogen) atoms. The van der Waals surface area contributed by atoms with Crippen LogP contribution in [0.3, 0.4) is 0 Å². The number of amides is 3. The first-order valence-electron chi connectivity index (χ1n) is 20.0. The van der Waals surface area contributed by atoms with Gasteiger partial charge in [0, 0.05) is 69.5 Å². The van der Waals surface area contributed by atoms with Crippen LogP contribution in [0, 0.1) is 17.2 Å². The number of rotatable bonds is 7. The maximum absolute atomic E-state index is 15.0. The lowest BCUT2D eigenvalue weighted by Crippen LogP contribution is -2.56. The largest absolute Gasteiger partial charge is 0.342 e. The molecule has 1 unspecified atom stereocenters. The van der Waals surface area contributed by atoms with E-state index in [-0.39, 0.29) is 22.4 Å². The molecule has 286 valence electrons. The maximum atomic E-state index is 15.0. The lowest BCUT2D eigenvalue weighted by atomic mass is 9.73. The Morgan fingerprint density at radius 1 is 0.811 bits per heavy atom. The molecule has 0 radical (unpaired) electrons. The second kappa shape index (κ2) is 17.8. The van der Waals surface area contributed by atoms with Crippen molar-refractivity contribution in [1.29, 1.82) is 0 Å². The minimum absolute atomic E-state index is 0.00614. The summed E-state index contributed by atoms with van der Waals surface area (Å²) in [4.78, 5) is 60.3. The van der Waals surface area contributed by atoms with Crippen LogP contribution in [0.4, 0.5) is 4.39 Å². The average Bonchev–Trinajstić information content (AvgIpc) is 3.17. The summed E-state index contributed by atoms with van der Waals surface area (Å²) in [6.07, 6.45) is 12.7. The van der Waals surface area contributed by atoms with Gasteiger partial charge in [-0.2, -0.15) is 5.10 Å². The highest BCUT2D eigenvalue weighted by atomic mass is 19.1. The van der Waals surface area contributed by atoms with Crippen molar-refractivity contribution in [2.24, 2.45) is 11.3 Å². The number of hydrogen-bond acceptors (Lipinski definition) is 6. The quantitative estimate of drug-likeness (QED) is 0.319. The van der Waals surface area contributed by atoms with Gasteiger partial charge in [-0.25, -0.2) is 9.49 Å². The molecule has 1 atom stereocenters. The van der Waals surface area contributed by atoms with E-state index in [1.807, 2.05) is 17.0 Å². The summed E-state index contributed by atoms with van der Waals surface area (Å²) in [6, 6.07) is 11.7. The standard InChI is InChI=1S/C39H49FN6O4.C3H8/c40-33-13-12-29(23-34-30-10-4-5-11-31(30)37(49)42-41-34)22-32(33)38(50)45-20-18-44(19-21-45)36(48)25-43-16-6-14-39(26-43)15-7-17-46(27-39)35(47)24-28-8-2-1-3-9-28;1-3-2/h4-5,10-13,22,28H,1-3,6-9,14-21,23-27H2,(H,42,49);3H2,1-2H3. The number of piperazine rings is 1. The first kappa shape index (κ1) is 38.6. The van der Waals surface area contributed by atoms with Gasteiger partial charge in [-0.15, -0.1) is 0 Å². The number of likely N-dealkylation sites (tertiary alicyclic amines) is 2. The molecule has 1 saturated carbocycles. The highest BCUT2D eigenvalue weighted by Gasteiger charge is 2.41. The molecule has 2 aromatic carbocycles. The summed E-state index contributed by atoms with van der Waals surface area (Å²) in [5, 5.41) is 8.00. The Hall–Kier alpha value is -4.12. The van der Waals surface area contributed by atoms with Gasteiger partial charge < -0.3 is 14.7 Å². The van der Waals surface area contributed by atoms with Crippen LogP contribution in [-0.2, 0) is 16.0 Å². The number of nitrogens with one attached hydrogen (secondary N) is 1. The molecule has 3 aromatic rings. The predicted octanol–water partition coefficient (Wildman–Crippen LogP) is 6.03. The Bertz CT molecular complexity index is 1800. The Morgan fingerprint density at radius 3 is 2.23 bits per heavy atom. The number of piperidine rings is 2. The zero-order valence-corrected chi connectivity index (χ0v) is 31.7. The summed E-state index contributed by atoms with van der Waals surface area (Å²) >= 11 is 0. The molecular formula is C42H57FN6O4. The van der Waals surface area contributed by atoms with Crippen molar-refractivity contribution in [2.75, 3.05) is 58.9 Å². The van der Waals surface area contributed by atoms with Crippen LogP contribution < -0.4 is 5.56 Å². The Morgan fingerprint density at radius 2 is 1.49 bits per heavy atom. The average molecular weight is 729 g/mol. The fraction of sp³-hybridized carbons (Fsp3) is 0.595. The Balaban J connectivity index is 0.00000155. The van der Waals surface area contributed by atoms with E-state index in [2.05, 4.69) is 33.8 Å². The highest BCUT2D eigenvalue weighted by molar-refractivity contribution is 5.95. The molecule has 11 heteroatoms. The van der Waals surface area contributed by atoms with Gasteiger partial charge in [-0.1, -0.05) is 63.8 Å². The molecule has 4 aliphatic rings. The van der Waals surface area contributed by atoms with Gasteiger partial charge in [-0.3, -0.25) is 24.1 Å². The van der Waals surface area contributed by atoms with Gasteiger partial charge in [0.1, 0.15) is 5.82 Å². The third-order valence-electron chi connectivity index (χ3n) is 11.6. The summed E-state index contributed by atoms with van der Waals surface area (Å²) < 4.78 is 15.0. The minimum Gasteiger partial charge on any atom is -0.342 e. The van der Waals surface area contributed by atoms with E-state index in [0.29, 0.717) is 74.0 Å². The molecule has 0 bridgehead atoms. The van der Waals surface area contributed by atoms with Crippen molar-refractivity contribution in [3.8, 4) is 0 Å². The molecule has 4 fully saturated rings. The molecular weight excluding hydrogens is 671 g/mol. The molecule has 1 N–H and O–H groups in total. The van der Waals surface area contributed by atoms with Crippen LogP contribution in [0.2, 0.25) is 0 Å². The third-order valence-corrected chi connectivity index (χ3v) is 11.6. The second-order valence-electron chi connectivity index (χ2n) is 15.9. The second-order valence-corrected chi connectivity index (χ2v) is 15.9. The summed E-state index contributed by atoms with van der Waals surface area (Å²) in [7, 11) is 0. The number of carbonyl (C=O) groups excluding carboxylic acids is 3. The first-order chi connectivity index (χ1) is 25.7. The molecule has 1 spiro atoms. The SMILES string of the molecule is CCC.O=C(CN1CCCC2(CCCN(C(=O)CC3CCCCC3)C2)C1)N1CCN(C(=O)c2cc(Cc3n[nH]c(=O)c4ccccc34)ccc2F)CC1. The molecule has 3 saturated heterocycles. The normalized spacial score (nSPS) is 21.4. The lowest BCUT2D eigenvalue weighted by Gasteiger charge is -2.49. The number of H-pyrrole nitrogens is 1. The van der Waals surface area contributed by atoms with Crippen LogP contribution in [0.1, 0.15) is 106 Å². The van der Waals surface area contributed by atoms with Crippen molar-refractivity contribution in [1.82, 2.24) is 29.8 Å². The molecule has 3 amide bonds. The number of aromatic amines is 1. The first-order valence-corrected chi connectivity index (χ1v) is 20.0. The van der Waals surface area contributed by atoms with Crippen LogP contribution in [0.25, 0.3) is 10.8 Å². The fourth-order valence-electron chi connectivity index (χ4n) is 8.93. The number of nitrogens with zero attached hydrogens (tertiary/aromatic N) is 5. The topological polar surface area (TPSA) is 110 Å². The maximum Gasteiger partial charge on any atom is 0.272 e. The fourth-order valence-corrected chi connectivity index (χ4v) is 8.93. The van der Waals surface area contributed by atoms with Gasteiger partial charge in [0.05, 0.1) is 23.2 Å². The number of carbonyl (C=O) groups is 3. The zero-order valence-electron chi connectivity index (χ0n) is 31.7. The van der Waals surface area contributed by atoms with Crippen molar-refractivity contribution >= 4 is 28.5 Å². The minimum atomic E-state index is -0.590. The molecule has 1 aromatic heterocycles. The number of hydrogen-bond donors (Lipinski definition) is 1. The predicted molar refractivity (Wildman–Crippen MR) is 205 cm³/mol. The van der Waals surface area contributed by atoms with Crippen molar-refractivity contribution in [2.45, 2.75) is 90.9 Å². The van der Waals surface area contributed by atoms with E-state index in [4.69, 9.17) is 0 Å². The van der Waals surface area contributed by atoms with Crippen molar-refractivity contribution < 1.29 is 18.8 Å². The summed E-state index contributed by atoms with van der Waals surface area (Å²) in [5.74, 6) is -0.0607. The highest BCUT2D eigenvalue weighted by Crippen LogP contribution is 2.39. The summed E-state index contributed by atoms with van der Waals surface area (Å²) in [5.41, 5.74) is 1.13. The van der Waals surface area contributed by atoms with Gasteiger partial charge in [-0.05, 0) is 74.8 Å². The van der Waals surface area contributed by atoms with Gasteiger partial charge in [0.25, 0.3) is 11.5 Å². The zero-order chi connectivity index (χ0) is 37.4. The van der Waals surface area contributed by atoms with Crippen LogP contribution in [0.15, 0.2) is 47.3 Å². The van der Waals surface area contributed by atoms with Crippen LogP contribution in [0.5, 0.6) is 0 Å². The number of aromatic nitrogens is 2. The lowest BCUT2D eigenvalue weighted by molar-refractivity contribution is -0.139. The van der Waals surface area contributed by atoms with Gasteiger partial charge in [0.2, 0.25) is 11.8 Å². The van der Waals surface area contributed by atoms with E-state index < -0.39 is 11.7 Å². The number of benzene rings is 2. The monoisotopic (exact) mass is 728 g/mol. The molecule has 1 aliphatic carbocycles. The number of halogens is 1. The molecule has 10 nitrogen and oxygen atoms in total. The van der Waals surface area contributed by atoms with Gasteiger partial charge >= 0.3 is 0 Å². The molecule has 3 aliphatic heterocycles. The molecule has 4 heterocycles. The van der Waals surface area contributed by atoms with E-state index in [1.165, 1.54) is 44.6 Å². The van der Waals surface area contributed by atoms with Gasteiger partial charge in [0.15, 0.2) is 0 Å². The van der Waals surface area contributed by atoms with Crippen LogP contribution in [-0.4, -0.2) is 106 Å². The van der Waals surface area contributed by atoms with E-state index in [9.17, 15) is 19.2 Å². The number of fused-ring (bicyclic) bond motifs is 1. The third kappa shape index (κ3) is 9.52. The van der Waals surface area contributed by atoms with E-state index in [0.717, 1.165) is 57.2 Å². The Kier molecular flexibility index (Phi) is 13.0. The van der Waals surface area contributed by atoms with Crippen LogP contribution >= 0.6 is 0 Å². The van der Waals surface area contributed by atoms with E-state index >= 15 is 4.39 Å². The molecule has 7 rings (SSSR count). The summed E-state index contributed by atoms with van der Waals surface area (Å²) in [6.45, 7) is 9.45. The van der Waals surface area contributed by atoms with Crippen molar-refractivity contribution in [3.05, 3.63) is 75.5 Å². The van der Waals surface area contributed by atoms with Crippen molar-refractivity contribution in [3.63, 3.8) is 0 Å². The van der Waals surface area contributed by atoms with E-state index in [1.54, 1.807) is 29.2 Å².